The monoisotopic (exact) mass is 546 g/mol. The number of allylic oxidation sites excluding steroid dienone is 1. The predicted octanol–water partition coefficient (Wildman–Crippen LogP) is 4.60. The first-order chi connectivity index (χ1) is 17.1. The number of carbonyl (C=O) groups excluding carboxylic acids is 1. The Morgan fingerprint density at radius 3 is 2.69 bits per heavy atom. The van der Waals surface area contributed by atoms with Crippen LogP contribution in [-0.2, 0) is 9.53 Å². The molecule has 0 unspecified atom stereocenters. The molecule has 1 atom stereocenters. The van der Waals surface area contributed by atoms with Gasteiger partial charge >= 0.3 is 5.97 Å². The van der Waals surface area contributed by atoms with Crippen LogP contribution in [-0.4, -0.2) is 28.4 Å². The van der Waals surface area contributed by atoms with Crippen LogP contribution in [0.1, 0.15) is 44.9 Å². The van der Waals surface area contributed by atoms with Gasteiger partial charge in [0.15, 0.2) is 4.80 Å². The van der Waals surface area contributed by atoms with Crippen molar-refractivity contribution in [2.75, 3.05) is 6.61 Å². The molecule has 2 aromatic carbocycles. The molecule has 10 heteroatoms. The van der Waals surface area contributed by atoms with Gasteiger partial charge in [0.1, 0.15) is 17.5 Å². The van der Waals surface area contributed by atoms with E-state index in [1.165, 1.54) is 22.8 Å². The maximum absolute atomic E-state index is 13.8. The Morgan fingerprint density at radius 1 is 1.28 bits per heavy atom. The Morgan fingerprint density at radius 2 is 2.00 bits per heavy atom. The van der Waals surface area contributed by atoms with Crippen LogP contribution in [0.3, 0.4) is 0 Å². The number of phenols is 1. The van der Waals surface area contributed by atoms with Crippen LogP contribution in [0.4, 0.5) is 0 Å². The lowest BCUT2D eigenvalue weighted by Gasteiger charge is -2.26. The molecule has 0 radical (unpaired) electrons. The van der Waals surface area contributed by atoms with Gasteiger partial charge in [-0.3, -0.25) is 9.36 Å². The van der Waals surface area contributed by atoms with E-state index >= 15 is 0 Å². The van der Waals surface area contributed by atoms with Gasteiger partial charge in [0, 0.05) is 16.1 Å². The number of ether oxygens (including phenoxy) is 2. The summed E-state index contributed by atoms with van der Waals surface area (Å²) < 4.78 is 13.1. The average Bonchev–Trinajstić information content (AvgIpc) is 3.11. The minimum absolute atomic E-state index is 0.0691. The van der Waals surface area contributed by atoms with E-state index in [-0.39, 0.29) is 33.6 Å². The zero-order valence-electron chi connectivity index (χ0n) is 20.0. The van der Waals surface area contributed by atoms with Gasteiger partial charge in [-0.2, -0.15) is 0 Å². The summed E-state index contributed by atoms with van der Waals surface area (Å²) in [6.07, 6.45) is 1.38. The first-order valence-corrected chi connectivity index (χ1v) is 12.8. The number of thiazole rings is 1. The van der Waals surface area contributed by atoms with Crippen molar-refractivity contribution in [3.05, 3.63) is 88.5 Å². The summed E-state index contributed by atoms with van der Waals surface area (Å²) in [4.78, 5) is 31.8. The molecular weight excluding hydrogens is 523 g/mol. The van der Waals surface area contributed by atoms with Crippen LogP contribution < -0.4 is 19.6 Å². The number of para-hydroxylation sites is 1. The fourth-order valence-corrected chi connectivity index (χ4v) is 5.54. The van der Waals surface area contributed by atoms with Crippen molar-refractivity contribution in [2.24, 2.45) is 4.99 Å². The summed E-state index contributed by atoms with van der Waals surface area (Å²) in [6.45, 7) is 7.41. The maximum Gasteiger partial charge on any atom is 0.338 e. The van der Waals surface area contributed by atoms with Crippen LogP contribution in [0, 0.1) is 0 Å². The number of phenolic OH excluding ortho intramolecular Hbond substituents is 1. The number of hydrogen-bond donors (Lipinski definition) is 1. The Balaban J connectivity index is 2.01. The van der Waals surface area contributed by atoms with E-state index in [0.29, 0.717) is 32.4 Å². The molecule has 1 N–H and O–H groups in total. The zero-order valence-corrected chi connectivity index (χ0v) is 22.4. The molecular formula is C26H24Cl2N2O5S. The fraction of sp³-hybridized carbons (Fsp3) is 0.269. The third-order valence-corrected chi connectivity index (χ3v) is 6.93. The van der Waals surface area contributed by atoms with Gasteiger partial charge < -0.3 is 14.6 Å². The summed E-state index contributed by atoms with van der Waals surface area (Å²) in [5.41, 5.74) is 1.22. The van der Waals surface area contributed by atoms with Crippen molar-refractivity contribution >= 4 is 46.6 Å². The molecule has 0 saturated heterocycles. The van der Waals surface area contributed by atoms with E-state index in [1.54, 1.807) is 19.9 Å². The number of halogens is 2. The van der Waals surface area contributed by atoms with E-state index in [1.807, 2.05) is 32.0 Å². The molecule has 188 valence electrons. The molecule has 36 heavy (non-hydrogen) atoms. The van der Waals surface area contributed by atoms with E-state index in [4.69, 9.17) is 32.7 Å². The highest BCUT2D eigenvalue weighted by atomic mass is 35.5. The highest BCUT2D eigenvalue weighted by Gasteiger charge is 2.35. The van der Waals surface area contributed by atoms with Crippen LogP contribution in [0.5, 0.6) is 11.5 Å². The highest BCUT2D eigenvalue weighted by Crippen LogP contribution is 2.36. The zero-order chi connectivity index (χ0) is 26.1. The largest absolute Gasteiger partial charge is 0.506 e. The van der Waals surface area contributed by atoms with Crippen molar-refractivity contribution in [3.63, 3.8) is 0 Å². The van der Waals surface area contributed by atoms with Gasteiger partial charge in [0.05, 0.1) is 33.5 Å². The number of fused-ring (bicyclic) bond motifs is 1. The molecule has 1 aliphatic rings. The van der Waals surface area contributed by atoms with Crippen molar-refractivity contribution < 1.29 is 19.4 Å². The molecule has 1 aromatic heterocycles. The van der Waals surface area contributed by atoms with Crippen molar-refractivity contribution in [3.8, 4) is 11.5 Å². The Kier molecular flexibility index (Phi) is 7.59. The van der Waals surface area contributed by atoms with Gasteiger partial charge in [0.25, 0.3) is 5.56 Å². The SMILES string of the molecule is CCOC(=O)C1=C(C)N=c2s/c(=C\c3cc(Cl)cc(Cl)c3O)c(=O)n2[C@@H]1c1ccccc1OC(C)C. The minimum atomic E-state index is -0.825. The second kappa shape index (κ2) is 10.5. The molecule has 3 aromatic rings. The number of carbonyl (C=O) groups is 1. The molecule has 2 heterocycles. The second-order valence-electron chi connectivity index (χ2n) is 8.33. The third kappa shape index (κ3) is 4.93. The van der Waals surface area contributed by atoms with Crippen LogP contribution in [0.25, 0.3) is 6.08 Å². The second-order valence-corrected chi connectivity index (χ2v) is 10.2. The molecule has 0 fully saturated rings. The third-order valence-electron chi connectivity index (χ3n) is 5.44. The minimum Gasteiger partial charge on any atom is -0.506 e. The van der Waals surface area contributed by atoms with Crippen molar-refractivity contribution in [2.45, 2.75) is 39.8 Å². The first kappa shape index (κ1) is 26.0. The van der Waals surface area contributed by atoms with Gasteiger partial charge in [-0.15, -0.1) is 0 Å². The van der Waals surface area contributed by atoms with Gasteiger partial charge in [0.2, 0.25) is 0 Å². The molecule has 0 bridgehead atoms. The van der Waals surface area contributed by atoms with Gasteiger partial charge in [-0.25, -0.2) is 9.79 Å². The summed E-state index contributed by atoms with van der Waals surface area (Å²) in [5.74, 6) is -0.206. The van der Waals surface area contributed by atoms with E-state index in [2.05, 4.69) is 4.99 Å². The Bertz CT molecular complexity index is 1560. The lowest BCUT2D eigenvalue weighted by Crippen LogP contribution is -2.40. The van der Waals surface area contributed by atoms with E-state index in [9.17, 15) is 14.7 Å². The number of rotatable bonds is 6. The van der Waals surface area contributed by atoms with Gasteiger partial charge in [-0.05, 0) is 52.0 Å². The van der Waals surface area contributed by atoms with Crippen LogP contribution in [0.15, 0.2) is 57.5 Å². The number of esters is 1. The predicted molar refractivity (Wildman–Crippen MR) is 141 cm³/mol. The molecule has 0 spiro atoms. The number of nitrogens with zero attached hydrogens (tertiary/aromatic N) is 2. The van der Waals surface area contributed by atoms with Crippen molar-refractivity contribution in [1.29, 1.82) is 0 Å². The fourth-order valence-electron chi connectivity index (χ4n) is 3.99. The molecule has 7 nitrogen and oxygen atoms in total. The number of hydrogen-bond acceptors (Lipinski definition) is 7. The standard InChI is InChI=1S/C26H24Cl2N2O5S/c1-5-34-25(33)21-14(4)29-26-30(22(21)17-8-6-7-9-19(17)35-13(2)3)24(32)20(36-26)11-15-10-16(27)12-18(28)23(15)31/h6-13,22,31H,5H2,1-4H3/b20-11-/t22-/m1/s1. The van der Waals surface area contributed by atoms with Crippen LogP contribution >= 0.6 is 34.5 Å². The van der Waals surface area contributed by atoms with Gasteiger partial charge in [-0.1, -0.05) is 52.7 Å². The molecule has 0 amide bonds. The van der Waals surface area contributed by atoms with E-state index in [0.717, 1.165) is 11.3 Å². The number of aromatic hydroxyl groups is 1. The number of benzene rings is 2. The quantitative estimate of drug-likeness (QED) is 0.456. The summed E-state index contributed by atoms with van der Waals surface area (Å²) in [5, 5.41) is 10.8. The summed E-state index contributed by atoms with van der Waals surface area (Å²) >= 11 is 13.3. The van der Waals surface area contributed by atoms with E-state index < -0.39 is 17.6 Å². The van der Waals surface area contributed by atoms with Crippen LogP contribution in [0.2, 0.25) is 10.0 Å². The number of aromatic nitrogens is 1. The lowest BCUT2D eigenvalue weighted by molar-refractivity contribution is -0.139. The maximum atomic E-state index is 13.8. The summed E-state index contributed by atoms with van der Waals surface area (Å²) in [7, 11) is 0. The Hall–Kier alpha value is -3.07. The Labute approximate surface area is 221 Å². The average molecular weight is 547 g/mol. The van der Waals surface area contributed by atoms with Crippen molar-refractivity contribution in [1.82, 2.24) is 4.57 Å². The topological polar surface area (TPSA) is 90.1 Å². The highest BCUT2D eigenvalue weighted by molar-refractivity contribution is 7.07. The first-order valence-electron chi connectivity index (χ1n) is 11.3. The molecule has 0 saturated carbocycles. The molecule has 1 aliphatic heterocycles. The smallest absolute Gasteiger partial charge is 0.338 e. The lowest BCUT2D eigenvalue weighted by atomic mass is 9.95. The molecule has 0 aliphatic carbocycles. The molecule has 4 rings (SSSR count). The normalized spacial score (nSPS) is 15.6. The summed E-state index contributed by atoms with van der Waals surface area (Å²) in [6, 6.07) is 9.38.